The van der Waals surface area contributed by atoms with Gasteiger partial charge in [-0.2, -0.15) is 0 Å². The van der Waals surface area contributed by atoms with Crippen molar-refractivity contribution < 1.29 is 0 Å². The van der Waals surface area contributed by atoms with E-state index in [-0.39, 0.29) is 0 Å². The molecule has 1 heterocycles. The lowest BCUT2D eigenvalue weighted by Crippen LogP contribution is -2.02. The quantitative estimate of drug-likeness (QED) is 0.449. The summed E-state index contributed by atoms with van der Waals surface area (Å²) >= 11 is 0. The minimum Gasteiger partial charge on any atom is -0.388 e. The minimum absolute atomic E-state index is 0.629. The third kappa shape index (κ3) is 6.46. The normalized spacial score (nSPS) is 12.9. The molecule has 3 aromatic rings. The van der Waals surface area contributed by atoms with Gasteiger partial charge in [-0.15, -0.1) is 0 Å². The Morgan fingerprint density at radius 3 is 2.26 bits per heavy atom. The van der Waals surface area contributed by atoms with Crippen LogP contribution in [0.3, 0.4) is 0 Å². The molecule has 0 fully saturated rings. The Kier molecular flexibility index (Phi) is 8.44. The Morgan fingerprint density at radius 2 is 1.67 bits per heavy atom. The van der Waals surface area contributed by atoms with Crippen LogP contribution in [0.1, 0.15) is 64.1 Å². The second-order valence-corrected chi connectivity index (χ2v) is 7.64. The predicted octanol–water partition coefficient (Wildman–Crippen LogP) is 7.39. The maximum absolute atomic E-state index is 3.54. The summed E-state index contributed by atoms with van der Waals surface area (Å²) in [4.78, 5) is 3.54. The number of rotatable bonds is 7. The summed E-state index contributed by atoms with van der Waals surface area (Å²) in [6.07, 6.45) is 5.02. The number of aromatic nitrogens is 1. The predicted molar refractivity (Wildman–Crippen MR) is 121 cm³/mol. The van der Waals surface area contributed by atoms with Crippen molar-refractivity contribution in [3.05, 3.63) is 65.9 Å². The van der Waals surface area contributed by atoms with Crippen LogP contribution < -0.4 is 5.32 Å². The molecule has 27 heavy (non-hydrogen) atoms. The van der Waals surface area contributed by atoms with Gasteiger partial charge in [-0.3, -0.25) is 0 Å². The summed E-state index contributed by atoms with van der Waals surface area (Å²) in [6, 6.07) is 19.3. The van der Waals surface area contributed by atoms with Crippen LogP contribution in [0.5, 0.6) is 0 Å². The Morgan fingerprint density at radius 1 is 0.963 bits per heavy atom. The molecule has 2 atom stereocenters. The molecular formula is C25H36N2. The first kappa shape index (κ1) is 21.1. The maximum Gasteiger partial charge on any atom is 0.0456 e. The number of benzene rings is 2. The molecule has 0 aliphatic carbocycles. The van der Waals surface area contributed by atoms with Crippen LogP contribution in [-0.2, 0) is 6.42 Å². The van der Waals surface area contributed by atoms with Crippen molar-refractivity contribution in [3.63, 3.8) is 0 Å². The highest BCUT2D eigenvalue weighted by molar-refractivity contribution is 5.80. The van der Waals surface area contributed by atoms with Crippen LogP contribution in [-0.4, -0.2) is 12.0 Å². The fourth-order valence-corrected chi connectivity index (χ4v) is 3.61. The first-order chi connectivity index (χ1) is 13.1. The van der Waals surface area contributed by atoms with Gasteiger partial charge in [0.1, 0.15) is 0 Å². The zero-order valence-electron chi connectivity index (χ0n) is 17.7. The van der Waals surface area contributed by atoms with Gasteiger partial charge in [0, 0.05) is 23.9 Å². The van der Waals surface area contributed by atoms with Crippen LogP contribution >= 0.6 is 0 Å². The van der Waals surface area contributed by atoms with Gasteiger partial charge >= 0.3 is 0 Å². The van der Waals surface area contributed by atoms with Crippen molar-refractivity contribution in [2.24, 2.45) is 5.92 Å². The lowest BCUT2D eigenvalue weighted by molar-refractivity contribution is 0.445. The van der Waals surface area contributed by atoms with E-state index in [1.54, 1.807) is 0 Å². The number of H-pyrrole nitrogens is 1. The standard InChI is InChI=1S/C16H23N.C9H13N/c1-4-7-12(2)10-13(3)16-11-14-8-5-6-9-15(14)17-16;1-3-8-4-6-9(10-2)7-5-8/h5-6,8-9,11-13,17H,4,7,10H2,1-3H3;4-7,10H,3H2,1-2H3. The largest absolute Gasteiger partial charge is 0.388 e. The van der Waals surface area contributed by atoms with Crippen molar-refractivity contribution in [3.8, 4) is 0 Å². The Labute approximate surface area is 165 Å². The molecule has 0 radical (unpaired) electrons. The van der Waals surface area contributed by atoms with E-state index < -0.39 is 0 Å². The Hall–Kier alpha value is -2.22. The van der Waals surface area contributed by atoms with Gasteiger partial charge in [-0.25, -0.2) is 0 Å². The number of fused-ring (bicyclic) bond motifs is 1. The highest BCUT2D eigenvalue weighted by Crippen LogP contribution is 2.27. The van der Waals surface area contributed by atoms with E-state index in [0.29, 0.717) is 5.92 Å². The molecule has 2 N–H and O–H groups in total. The van der Waals surface area contributed by atoms with Crippen LogP contribution in [0.4, 0.5) is 5.69 Å². The number of aromatic amines is 1. The average Bonchev–Trinajstić information content (AvgIpc) is 3.13. The summed E-state index contributed by atoms with van der Waals surface area (Å²) in [5.41, 5.74) is 5.21. The molecule has 2 aromatic carbocycles. The topological polar surface area (TPSA) is 27.8 Å². The average molecular weight is 365 g/mol. The number of hydrogen-bond acceptors (Lipinski definition) is 1. The molecule has 3 rings (SSSR count). The molecule has 146 valence electrons. The fraction of sp³-hybridized carbons (Fsp3) is 0.440. The number of nitrogens with one attached hydrogen (secondary N) is 2. The molecule has 1 aromatic heterocycles. The van der Waals surface area contributed by atoms with Gasteiger partial charge in [0.25, 0.3) is 0 Å². The zero-order chi connectivity index (χ0) is 19.6. The van der Waals surface area contributed by atoms with Gasteiger partial charge < -0.3 is 10.3 Å². The fourth-order valence-electron chi connectivity index (χ4n) is 3.61. The van der Waals surface area contributed by atoms with E-state index in [1.165, 1.54) is 47.1 Å². The summed E-state index contributed by atoms with van der Waals surface area (Å²) in [5.74, 6) is 1.45. The van der Waals surface area contributed by atoms with Crippen molar-refractivity contribution in [1.29, 1.82) is 0 Å². The van der Waals surface area contributed by atoms with Crippen molar-refractivity contribution >= 4 is 16.6 Å². The summed E-state index contributed by atoms with van der Waals surface area (Å²) in [5, 5.41) is 4.41. The number of para-hydroxylation sites is 1. The lowest BCUT2D eigenvalue weighted by atomic mass is 9.92. The van der Waals surface area contributed by atoms with Crippen LogP contribution in [0, 0.1) is 5.92 Å². The molecule has 0 saturated carbocycles. The van der Waals surface area contributed by atoms with Gasteiger partial charge in [0.15, 0.2) is 0 Å². The number of aryl methyl sites for hydroxylation is 1. The van der Waals surface area contributed by atoms with Crippen molar-refractivity contribution in [2.45, 2.75) is 59.3 Å². The van der Waals surface area contributed by atoms with E-state index in [1.807, 2.05) is 7.05 Å². The summed E-state index contributed by atoms with van der Waals surface area (Å²) in [6.45, 7) is 9.12. The first-order valence-electron chi connectivity index (χ1n) is 10.4. The first-order valence-corrected chi connectivity index (χ1v) is 10.4. The van der Waals surface area contributed by atoms with E-state index >= 15 is 0 Å². The molecule has 0 saturated heterocycles. The van der Waals surface area contributed by atoms with E-state index in [4.69, 9.17) is 0 Å². The second-order valence-electron chi connectivity index (χ2n) is 7.64. The SMILES string of the molecule is CCCC(C)CC(C)c1cc2ccccc2[nH]1.CCc1ccc(NC)cc1. The van der Waals surface area contributed by atoms with E-state index in [9.17, 15) is 0 Å². The van der Waals surface area contributed by atoms with Crippen LogP contribution in [0.25, 0.3) is 10.9 Å². The van der Waals surface area contributed by atoms with Gasteiger partial charge in [0.05, 0.1) is 0 Å². The molecular weight excluding hydrogens is 328 g/mol. The van der Waals surface area contributed by atoms with Crippen molar-refractivity contribution in [1.82, 2.24) is 4.98 Å². The number of hydrogen-bond donors (Lipinski definition) is 2. The van der Waals surface area contributed by atoms with E-state index in [0.717, 1.165) is 12.3 Å². The molecule has 0 aliphatic heterocycles. The molecule has 0 bridgehead atoms. The molecule has 0 spiro atoms. The van der Waals surface area contributed by atoms with Crippen LogP contribution in [0.2, 0.25) is 0 Å². The smallest absolute Gasteiger partial charge is 0.0456 e. The third-order valence-corrected chi connectivity index (χ3v) is 5.27. The zero-order valence-corrected chi connectivity index (χ0v) is 17.7. The van der Waals surface area contributed by atoms with Gasteiger partial charge in [0.2, 0.25) is 0 Å². The lowest BCUT2D eigenvalue weighted by Gasteiger charge is -2.15. The molecule has 2 heteroatoms. The van der Waals surface area contributed by atoms with Crippen LogP contribution in [0.15, 0.2) is 54.6 Å². The minimum atomic E-state index is 0.629. The highest BCUT2D eigenvalue weighted by atomic mass is 14.8. The van der Waals surface area contributed by atoms with Gasteiger partial charge in [-0.1, -0.05) is 70.9 Å². The number of anilines is 1. The molecule has 0 aliphatic rings. The Balaban J connectivity index is 0.000000223. The maximum atomic E-state index is 3.54. The monoisotopic (exact) mass is 364 g/mol. The highest BCUT2D eigenvalue weighted by Gasteiger charge is 2.12. The summed E-state index contributed by atoms with van der Waals surface area (Å²) < 4.78 is 0. The summed E-state index contributed by atoms with van der Waals surface area (Å²) in [7, 11) is 1.93. The molecule has 2 nitrogen and oxygen atoms in total. The van der Waals surface area contributed by atoms with Gasteiger partial charge in [-0.05, 0) is 59.9 Å². The molecule has 0 amide bonds. The second kappa shape index (κ2) is 10.8. The molecule has 2 unspecified atom stereocenters. The van der Waals surface area contributed by atoms with E-state index in [2.05, 4.69) is 92.6 Å². The Bertz CT molecular complexity index is 729. The third-order valence-electron chi connectivity index (χ3n) is 5.27. The van der Waals surface area contributed by atoms with Crippen molar-refractivity contribution in [2.75, 3.05) is 12.4 Å².